The van der Waals surface area contributed by atoms with E-state index in [0.29, 0.717) is 12.8 Å². The molecule has 0 radical (unpaired) electrons. The first-order valence-corrected chi connectivity index (χ1v) is 7.81. The molecule has 1 aliphatic heterocycles. The molecule has 7 nitrogen and oxygen atoms in total. The van der Waals surface area contributed by atoms with E-state index in [2.05, 4.69) is 10.3 Å². The van der Waals surface area contributed by atoms with Gasteiger partial charge in [-0.1, -0.05) is 0 Å². The zero-order chi connectivity index (χ0) is 14.8. The first-order valence-electron chi connectivity index (χ1n) is 6.10. The lowest BCUT2D eigenvalue weighted by Gasteiger charge is -2.11. The predicted molar refractivity (Wildman–Crippen MR) is 70.3 cm³/mol. The van der Waals surface area contributed by atoms with Crippen molar-refractivity contribution in [2.45, 2.75) is 18.1 Å². The third-order valence-electron chi connectivity index (χ3n) is 3.21. The number of sulfone groups is 1. The van der Waals surface area contributed by atoms with Crippen molar-refractivity contribution in [2.24, 2.45) is 0 Å². The minimum absolute atomic E-state index is 0.0171. The van der Waals surface area contributed by atoms with E-state index in [9.17, 15) is 18.0 Å². The Kier molecular flexibility index (Phi) is 4.03. The molecule has 1 amide bonds. The Morgan fingerprint density at radius 2 is 2.20 bits per heavy atom. The summed E-state index contributed by atoms with van der Waals surface area (Å²) < 4.78 is 23.2. The molecule has 20 heavy (non-hydrogen) atoms. The largest absolute Gasteiger partial charge is 0.478 e. The maximum absolute atomic E-state index is 11.9. The van der Waals surface area contributed by atoms with Crippen LogP contribution in [0.5, 0.6) is 0 Å². The number of pyridine rings is 1. The van der Waals surface area contributed by atoms with Gasteiger partial charge < -0.3 is 10.4 Å². The number of carbonyl (C=O) groups excluding carboxylic acids is 1. The molecular weight excluding hydrogens is 284 g/mol. The third kappa shape index (κ3) is 2.96. The van der Waals surface area contributed by atoms with Gasteiger partial charge in [0.2, 0.25) is 0 Å². The summed E-state index contributed by atoms with van der Waals surface area (Å²) in [5.74, 6) is -1.79. The highest BCUT2D eigenvalue weighted by Crippen LogP contribution is 2.19. The van der Waals surface area contributed by atoms with Crippen molar-refractivity contribution in [1.82, 2.24) is 10.3 Å². The lowest BCUT2D eigenvalue weighted by atomic mass is 10.2. The van der Waals surface area contributed by atoms with Gasteiger partial charge in [0.25, 0.3) is 5.91 Å². The zero-order valence-electron chi connectivity index (χ0n) is 10.6. The van der Waals surface area contributed by atoms with Crippen LogP contribution in [0.4, 0.5) is 0 Å². The van der Waals surface area contributed by atoms with Gasteiger partial charge >= 0.3 is 5.97 Å². The van der Waals surface area contributed by atoms with Crippen LogP contribution in [0.1, 0.15) is 33.7 Å². The van der Waals surface area contributed by atoms with Gasteiger partial charge in [-0.15, -0.1) is 0 Å². The van der Waals surface area contributed by atoms with Crippen LogP contribution in [-0.2, 0) is 9.84 Å². The summed E-state index contributed by atoms with van der Waals surface area (Å²) in [6, 6.07) is 2.69. The standard InChI is InChI=1S/C12H14N2O5S/c15-11(10-9(12(16)17)4-1-5-13-10)14-7-8-3-2-6-20(8,18)19/h1,4-5,8H,2-3,6-7H2,(H,14,15)(H,16,17). The normalized spacial score (nSPS) is 20.5. The molecule has 0 aromatic carbocycles. The molecule has 108 valence electrons. The van der Waals surface area contributed by atoms with Crippen LogP contribution >= 0.6 is 0 Å². The molecule has 1 aromatic heterocycles. The van der Waals surface area contributed by atoms with E-state index in [1.165, 1.54) is 18.3 Å². The van der Waals surface area contributed by atoms with Gasteiger partial charge in [-0.05, 0) is 25.0 Å². The van der Waals surface area contributed by atoms with Crippen molar-refractivity contribution in [2.75, 3.05) is 12.3 Å². The molecule has 2 rings (SSSR count). The lowest BCUT2D eigenvalue weighted by molar-refractivity contribution is 0.0690. The smallest absolute Gasteiger partial charge is 0.338 e. The monoisotopic (exact) mass is 298 g/mol. The van der Waals surface area contributed by atoms with E-state index in [4.69, 9.17) is 5.11 Å². The number of aromatic nitrogens is 1. The summed E-state index contributed by atoms with van der Waals surface area (Å²) in [7, 11) is -3.14. The quantitative estimate of drug-likeness (QED) is 0.814. The maximum Gasteiger partial charge on any atom is 0.338 e. The minimum atomic E-state index is -3.14. The molecule has 1 atom stereocenters. The molecule has 2 N–H and O–H groups in total. The third-order valence-corrected chi connectivity index (χ3v) is 5.48. The Morgan fingerprint density at radius 1 is 1.45 bits per heavy atom. The van der Waals surface area contributed by atoms with E-state index in [-0.39, 0.29) is 23.6 Å². The van der Waals surface area contributed by atoms with Crippen molar-refractivity contribution in [3.05, 3.63) is 29.6 Å². The van der Waals surface area contributed by atoms with E-state index in [1.807, 2.05) is 0 Å². The van der Waals surface area contributed by atoms with Crippen molar-refractivity contribution >= 4 is 21.7 Å². The minimum Gasteiger partial charge on any atom is -0.478 e. The Bertz CT molecular complexity index is 641. The van der Waals surface area contributed by atoms with Gasteiger partial charge in [0, 0.05) is 12.7 Å². The second-order valence-corrected chi connectivity index (χ2v) is 6.95. The topological polar surface area (TPSA) is 113 Å². The number of rotatable bonds is 4. The van der Waals surface area contributed by atoms with E-state index >= 15 is 0 Å². The number of carboxylic acid groups (broad SMARTS) is 1. The van der Waals surface area contributed by atoms with Crippen LogP contribution in [0.25, 0.3) is 0 Å². The summed E-state index contributed by atoms with van der Waals surface area (Å²) in [6.07, 6.45) is 2.41. The van der Waals surface area contributed by atoms with Gasteiger partial charge in [0.15, 0.2) is 9.84 Å². The van der Waals surface area contributed by atoms with Gasteiger partial charge in [-0.3, -0.25) is 9.78 Å². The molecule has 1 aliphatic rings. The van der Waals surface area contributed by atoms with Crippen LogP contribution in [0, 0.1) is 0 Å². The lowest BCUT2D eigenvalue weighted by Crippen LogP contribution is -2.35. The number of amides is 1. The molecule has 0 aliphatic carbocycles. The SMILES string of the molecule is O=C(O)c1cccnc1C(=O)NCC1CCCS1(=O)=O. The molecule has 1 fully saturated rings. The highest BCUT2D eigenvalue weighted by atomic mass is 32.2. The van der Waals surface area contributed by atoms with Crippen LogP contribution in [-0.4, -0.2) is 47.9 Å². The number of aromatic carboxylic acids is 1. The summed E-state index contributed by atoms with van der Waals surface area (Å²) in [5, 5.41) is 10.8. The van der Waals surface area contributed by atoms with Crippen molar-refractivity contribution in [3.63, 3.8) is 0 Å². The number of nitrogens with zero attached hydrogens (tertiary/aromatic N) is 1. The molecule has 0 saturated carbocycles. The zero-order valence-corrected chi connectivity index (χ0v) is 11.4. The number of hydrogen-bond acceptors (Lipinski definition) is 5. The van der Waals surface area contributed by atoms with Crippen molar-refractivity contribution in [1.29, 1.82) is 0 Å². The van der Waals surface area contributed by atoms with Gasteiger partial charge in [-0.2, -0.15) is 0 Å². The first-order chi connectivity index (χ1) is 9.42. The maximum atomic E-state index is 11.9. The Morgan fingerprint density at radius 3 is 2.80 bits per heavy atom. The number of carbonyl (C=O) groups is 2. The summed E-state index contributed by atoms with van der Waals surface area (Å²) in [6.45, 7) is -0.0171. The average Bonchev–Trinajstić information content (AvgIpc) is 2.75. The fourth-order valence-corrected chi connectivity index (χ4v) is 3.90. The fourth-order valence-electron chi connectivity index (χ4n) is 2.14. The molecule has 0 spiro atoms. The van der Waals surface area contributed by atoms with Crippen molar-refractivity contribution < 1.29 is 23.1 Å². The summed E-state index contributed by atoms with van der Waals surface area (Å²) in [5.41, 5.74) is -0.422. The molecule has 0 bridgehead atoms. The van der Waals surface area contributed by atoms with Crippen LogP contribution in [0.3, 0.4) is 0 Å². The van der Waals surface area contributed by atoms with Crippen molar-refractivity contribution in [3.8, 4) is 0 Å². The first kappa shape index (κ1) is 14.4. The summed E-state index contributed by atoms with van der Waals surface area (Å²) >= 11 is 0. The van der Waals surface area contributed by atoms with E-state index in [0.717, 1.165) is 0 Å². The Labute approximate surface area is 115 Å². The fraction of sp³-hybridized carbons (Fsp3) is 0.417. The van der Waals surface area contributed by atoms with Crippen LogP contribution in [0.15, 0.2) is 18.3 Å². The average molecular weight is 298 g/mol. The van der Waals surface area contributed by atoms with Crippen LogP contribution < -0.4 is 5.32 Å². The predicted octanol–water partition coefficient (Wildman–Crippen LogP) is 0.0868. The summed E-state index contributed by atoms with van der Waals surface area (Å²) in [4.78, 5) is 26.6. The molecule has 1 unspecified atom stereocenters. The highest BCUT2D eigenvalue weighted by molar-refractivity contribution is 7.92. The molecule has 8 heteroatoms. The Balaban J connectivity index is 2.08. The molecule has 1 saturated heterocycles. The van der Waals surface area contributed by atoms with E-state index < -0.39 is 27.0 Å². The molecule has 2 heterocycles. The van der Waals surface area contributed by atoms with Gasteiger partial charge in [0.05, 0.1) is 16.6 Å². The van der Waals surface area contributed by atoms with E-state index in [1.54, 1.807) is 0 Å². The number of nitrogens with one attached hydrogen (secondary N) is 1. The van der Waals surface area contributed by atoms with Gasteiger partial charge in [0.1, 0.15) is 5.69 Å². The van der Waals surface area contributed by atoms with Crippen LogP contribution in [0.2, 0.25) is 0 Å². The molecule has 1 aromatic rings. The van der Waals surface area contributed by atoms with Gasteiger partial charge in [-0.25, -0.2) is 13.2 Å². The second-order valence-electron chi connectivity index (χ2n) is 4.55. The highest BCUT2D eigenvalue weighted by Gasteiger charge is 2.31. The number of carboxylic acids is 1. The Hall–Kier alpha value is -1.96. The second kappa shape index (κ2) is 5.58. The molecular formula is C12H14N2O5S. The number of hydrogen-bond donors (Lipinski definition) is 2.